The predicted octanol–water partition coefficient (Wildman–Crippen LogP) is 3.12. The average molecular weight is 405 g/mol. The van der Waals surface area contributed by atoms with Gasteiger partial charge in [0.25, 0.3) is 0 Å². The van der Waals surface area contributed by atoms with E-state index >= 15 is 0 Å². The maximum Gasteiger partial charge on any atom is 0.328 e. The Kier molecular flexibility index (Phi) is 3.92. The van der Waals surface area contributed by atoms with Gasteiger partial charge in [0.2, 0.25) is 5.95 Å². The molecule has 0 saturated carbocycles. The highest BCUT2D eigenvalue weighted by atomic mass is 35.5. The van der Waals surface area contributed by atoms with Crippen LogP contribution in [0.2, 0.25) is 10.2 Å². The lowest BCUT2D eigenvalue weighted by atomic mass is 10.1. The minimum atomic E-state index is -0.246. The van der Waals surface area contributed by atoms with Crippen molar-refractivity contribution in [2.75, 3.05) is 13.2 Å². The third kappa shape index (κ3) is 2.72. The number of rotatable bonds is 2. The van der Waals surface area contributed by atoms with Gasteiger partial charge in [-0.2, -0.15) is 9.97 Å². The molecule has 27 heavy (non-hydrogen) atoms. The number of halogens is 2. The molecule has 0 spiro atoms. The zero-order chi connectivity index (χ0) is 18.5. The topological polar surface area (TPSA) is 90.6 Å². The van der Waals surface area contributed by atoms with Gasteiger partial charge in [-0.3, -0.25) is 9.13 Å². The van der Waals surface area contributed by atoms with Crippen LogP contribution in [0, 0.1) is 0 Å². The number of ether oxygens (including phenoxy) is 1. The van der Waals surface area contributed by atoms with Crippen molar-refractivity contribution in [2.24, 2.45) is 0 Å². The van der Waals surface area contributed by atoms with Crippen LogP contribution < -0.4 is 5.69 Å². The Hall–Kier alpha value is -2.42. The third-order valence-corrected chi connectivity index (χ3v) is 5.30. The number of aromatic nitrogens is 6. The van der Waals surface area contributed by atoms with Gasteiger partial charge >= 0.3 is 5.69 Å². The number of hydrogen-bond donors (Lipinski definition) is 1. The van der Waals surface area contributed by atoms with Gasteiger partial charge in [0.15, 0.2) is 10.8 Å². The number of nitrogens with zero attached hydrogens (tertiary/aromatic N) is 5. The summed E-state index contributed by atoms with van der Waals surface area (Å²) in [5, 5.41) is 0.763. The van der Waals surface area contributed by atoms with Crippen molar-refractivity contribution in [3.05, 3.63) is 45.2 Å². The van der Waals surface area contributed by atoms with Crippen molar-refractivity contribution in [3.63, 3.8) is 0 Å². The van der Waals surface area contributed by atoms with Gasteiger partial charge in [-0.05, 0) is 31.0 Å². The Morgan fingerprint density at radius 1 is 1.19 bits per heavy atom. The lowest BCUT2D eigenvalue weighted by Crippen LogP contribution is -2.27. The molecule has 0 unspecified atom stereocenters. The van der Waals surface area contributed by atoms with E-state index in [0.29, 0.717) is 35.3 Å². The largest absolute Gasteiger partial charge is 0.381 e. The molecule has 0 atom stereocenters. The molecule has 0 aliphatic carbocycles. The second-order valence-corrected chi connectivity index (χ2v) is 7.20. The van der Waals surface area contributed by atoms with Gasteiger partial charge in [0, 0.05) is 24.3 Å². The summed E-state index contributed by atoms with van der Waals surface area (Å²) in [6, 6.07) is 5.39. The molecule has 4 heterocycles. The number of aromatic amines is 1. The fourth-order valence-electron chi connectivity index (χ4n) is 3.49. The first-order chi connectivity index (χ1) is 13.1. The Labute approximate surface area is 162 Å². The summed E-state index contributed by atoms with van der Waals surface area (Å²) in [4.78, 5) is 28.7. The van der Waals surface area contributed by atoms with Crippen LogP contribution in [0.3, 0.4) is 0 Å². The van der Waals surface area contributed by atoms with Crippen LogP contribution >= 0.6 is 23.2 Å². The zero-order valence-electron chi connectivity index (χ0n) is 14.0. The number of benzene rings is 1. The van der Waals surface area contributed by atoms with E-state index in [9.17, 15) is 4.79 Å². The molecule has 10 heteroatoms. The molecule has 0 bridgehead atoms. The van der Waals surface area contributed by atoms with E-state index in [-0.39, 0.29) is 16.9 Å². The first-order valence-electron chi connectivity index (χ1n) is 8.50. The summed E-state index contributed by atoms with van der Waals surface area (Å²) >= 11 is 12.5. The second kappa shape index (κ2) is 6.33. The molecule has 5 rings (SSSR count). The summed E-state index contributed by atoms with van der Waals surface area (Å²) in [7, 11) is 0. The van der Waals surface area contributed by atoms with Gasteiger partial charge in [-0.25, -0.2) is 9.78 Å². The van der Waals surface area contributed by atoms with Crippen molar-refractivity contribution < 1.29 is 4.74 Å². The molecule has 0 amide bonds. The normalized spacial score (nSPS) is 15.8. The van der Waals surface area contributed by atoms with Crippen LogP contribution in [0.4, 0.5) is 0 Å². The number of fused-ring (bicyclic) bond motifs is 2. The SMILES string of the molecule is O=c1[nH]c2c(Cl)nc(-n3cnc4ccc(Cl)cc43)nc2n1C1CCOCC1. The Balaban J connectivity index is 1.74. The lowest BCUT2D eigenvalue weighted by Gasteiger charge is -2.22. The Bertz CT molecular complexity index is 1220. The summed E-state index contributed by atoms with van der Waals surface area (Å²) < 4.78 is 8.77. The standard InChI is InChI=1S/C17H14Cl2N6O2/c18-9-1-2-11-12(7-9)24(8-20-11)16-22-14(19)13-15(23-16)25(17(26)21-13)10-3-5-27-6-4-10/h1-2,7-8,10H,3-6H2,(H,21,26). The van der Waals surface area contributed by atoms with Gasteiger partial charge in [-0.1, -0.05) is 23.2 Å². The van der Waals surface area contributed by atoms with Crippen LogP contribution in [0.5, 0.6) is 0 Å². The van der Waals surface area contributed by atoms with Crippen molar-refractivity contribution >= 4 is 45.4 Å². The number of hydrogen-bond acceptors (Lipinski definition) is 5. The zero-order valence-corrected chi connectivity index (χ0v) is 15.5. The molecule has 138 valence electrons. The predicted molar refractivity (Wildman–Crippen MR) is 102 cm³/mol. The van der Waals surface area contributed by atoms with Crippen LogP contribution in [0.25, 0.3) is 28.1 Å². The van der Waals surface area contributed by atoms with Gasteiger partial charge in [0.1, 0.15) is 11.8 Å². The fraction of sp³-hybridized carbons (Fsp3) is 0.294. The van der Waals surface area contributed by atoms with Crippen molar-refractivity contribution in [3.8, 4) is 5.95 Å². The van der Waals surface area contributed by atoms with E-state index in [1.54, 1.807) is 27.6 Å². The Morgan fingerprint density at radius 2 is 2.00 bits per heavy atom. The smallest absolute Gasteiger partial charge is 0.328 e. The highest BCUT2D eigenvalue weighted by molar-refractivity contribution is 6.33. The number of imidazole rings is 2. The van der Waals surface area contributed by atoms with E-state index in [1.807, 2.05) is 6.07 Å². The maximum absolute atomic E-state index is 12.5. The summed E-state index contributed by atoms with van der Waals surface area (Å²) in [6.07, 6.45) is 3.10. The van der Waals surface area contributed by atoms with Crippen molar-refractivity contribution in [2.45, 2.75) is 18.9 Å². The summed E-state index contributed by atoms with van der Waals surface area (Å²) in [6.45, 7) is 1.22. The molecule has 1 aliphatic heterocycles. The lowest BCUT2D eigenvalue weighted by molar-refractivity contribution is 0.0697. The molecule has 1 fully saturated rings. The van der Waals surface area contributed by atoms with Crippen LogP contribution in [-0.4, -0.2) is 42.3 Å². The molecule has 1 aromatic carbocycles. The van der Waals surface area contributed by atoms with Gasteiger partial charge in [-0.15, -0.1) is 0 Å². The van der Waals surface area contributed by atoms with Crippen molar-refractivity contribution in [1.29, 1.82) is 0 Å². The van der Waals surface area contributed by atoms with Gasteiger partial charge < -0.3 is 9.72 Å². The molecule has 0 radical (unpaired) electrons. The van der Waals surface area contributed by atoms with E-state index in [2.05, 4.69) is 19.9 Å². The summed E-state index contributed by atoms with van der Waals surface area (Å²) in [5.41, 5.74) is 2.18. The summed E-state index contributed by atoms with van der Waals surface area (Å²) in [5.74, 6) is 0.331. The van der Waals surface area contributed by atoms with Crippen LogP contribution in [0.1, 0.15) is 18.9 Å². The van der Waals surface area contributed by atoms with Crippen LogP contribution in [-0.2, 0) is 4.74 Å². The maximum atomic E-state index is 12.5. The van der Waals surface area contributed by atoms with E-state index in [4.69, 9.17) is 27.9 Å². The molecule has 4 aromatic rings. The van der Waals surface area contributed by atoms with Gasteiger partial charge in [0.05, 0.1) is 11.0 Å². The average Bonchev–Trinajstić information content (AvgIpc) is 3.22. The second-order valence-electron chi connectivity index (χ2n) is 6.40. The molecule has 1 aliphatic rings. The molecular weight excluding hydrogens is 391 g/mol. The quantitative estimate of drug-likeness (QED) is 0.518. The third-order valence-electron chi connectivity index (χ3n) is 4.79. The Morgan fingerprint density at radius 3 is 2.81 bits per heavy atom. The van der Waals surface area contributed by atoms with E-state index < -0.39 is 0 Å². The molecule has 8 nitrogen and oxygen atoms in total. The molecular formula is C17H14Cl2N6O2. The van der Waals surface area contributed by atoms with Crippen LogP contribution in [0.15, 0.2) is 29.3 Å². The van der Waals surface area contributed by atoms with E-state index in [1.165, 1.54) is 0 Å². The molecule has 3 aromatic heterocycles. The minimum Gasteiger partial charge on any atom is -0.381 e. The molecule has 1 N–H and O–H groups in total. The highest BCUT2D eigenvalue weighted by Gasteiger charge is 2.23. The van der Waals surface area contributed by atoms with E-state index in [0.717, 1.165) is 23.9 Å². The number of nitrogens with one attached hydrogen (secondary N) is 1. The molecule has 1 saturated heterocycles. The minimum absolute atomic E-state index is 0.00722. The first kappa shape index (κ1) is 16.7. The highest BCUT2D eigenvalue weighted by Crippen LogP contribution is 2.27. The fourth-order valence-corrected chi connectivity index (χ4v) is 3.86. The number of H-pyrrole nitrogens is 1. The first-order valence-corrected chi connectivity index (χ1v) is 9.26. The monoisotopic (exact) mass is 404 g/mol. The van der Waals surface area contributed by atoms with Crippen molar-refractivity contribution in [1.82, 2.24) is 29.1 Å².